The van der Waals surface area contributed by atoms with E-state index in [4.69, 9.17) is 4.42 Å². The summed E-state index contributed by atoms with van der Waals surface area (Å²) in [5, 5.41) is 10.3. The molecule has 3 rings (SSSR count). The van der Waals surface area contributed by atoms with E-state index in [0.717, 1.165) is 17.4 Å². The number of halogens is 1. The number of hydrogen-bond donors (Lipinski definition) is 1. The van der Waals surface area contributed by atoms with Gasteiger partial charge in [-0.15, -0.1) is 10.2 Å². The van der Waals surface area contributed by atoms with Crippen molar-refractivity contribution in [2.75, 3.05) is 24.3 Å². The quantitative estimate of drug-likeness (QED) is 0.644. The first-order valence-corrected chi connectivity index (χ1v) is 9.15. The number of aromatic nitrogens is 2. The third kappa shape index (κ3) is 4.65. The highest BCUT2D eigenvalue weighted by molar-refractivity contribution is 8.00. The van der Waals surface area contributed by atoms with Crippen LogP contribution in [0.5, 0.6) is 0 Å². The van der Waals surface area contributed by atoms with E-state index in [9.17, 15) is 9.18 Å². The lowest BCUT2D eigenvalue weighted by atomic mass is 10.2. The van der Waals surface area contributed by atoms with Crippen molar-refractivity contribution in [2.24, 2.45) is 0 Å². The first-order valence-electron chi connectivity index (χ1n) is 8.27. The van der Waals surface area contributed by atoms with E-state index in [0.29, 0.717) is 5.69 Å². The molecule has 1 N–H and O–H groups in total. The molecule has 0 aliphatic rings. The van der Waals surface area contributed by atoms with Crippen LogP contribution in [0.15, 0.2) is 58.2 Å². The lowest BCUT2D eigenvalue weighted by Gasteiger charge is -2.14. The summed E-state index contributed by atoms with van der Waals surface area (Å²) in [4.78, 5) is 14.4. The van der Waals surface area contributed by atoms with Gasteiger partial charge in [-0.3, -0.25) is 4.79 Å². The van der Waals surface area contributed by atoms with Crippen molar-refractivity contribution >= 4 is 29.0 Å². The van der Waals surface area contributed by atoms with Crippen molar-refractivity contribution < 1.29 is 13.6 Å². The van der Waals surface area contributed by atoms with E-state index in [-0.39, 0.29) is 22.6 Å². The zero-order valence-electron chi connectivity index (χ0n) is 15.1. The highest BCUT2D eigenvalue weighted by Gasteiger charge is 2.20. The molecule has 1 aromatic heterocycles. The van der Waals surface area contributed by atoms with E-state index in [1.165, 1.54) is 6.07 Å². The molecule has 0 aliphatic heterocycles. The average Bonchev–Trinajstić information content (AvgIpc) is 3.10. The Morgan fingerprint density at radius 3 is 2.52 bits per heavy atom. The van der Waals surface area contributed by atoms with Crippen LogP contribution in [0.2, 0.25) is 0 Å². The fraction of sp³-hybridized carbons (Fsp3) is 0.211. The summed E-state index contributed by atoms with van der Waals surface area (Å²) in [7, 11) is 3.90. The van der Waals surface area contributed by atoms with Crippen molar-refractivity contribution in [3.63, 3.8) is 0 Å². The average molecular weight is 386 g/mol. The van der Waals surface area contributed by atoms with Crippen LogP contribution in [0.25, 0.3) is 11.5 Å². The van der Waals surface area contributed by atoms with Crippen molar-refractivity contribution in [1.29, 1.82) is 0 Å². The van der Waals surface area contributed by atoms with Gasteiger partial charge in [-0.05, 0) is 43.3 Å². The highest BCUT2D eigenvalue weighted by Crippen LogP contribution is 2.28. The summed E-state index contributed by atoms with van der Waals surface area (Å²) in [6, 6.07) is 13.7. The van der Waals surface area contributed by atoms with Gasteiger partial charge in [0.2, 0.25) is 5.91 Å². The Labute approximate surface area is 160 Å². The van der Waals surface area contributed by atoms with Gasteiger partial charge in [-0.2, -0.15) is 0 Å². The van der Waals surface area contributed by atoms with Crippen LogP contribution in [0.4, 0.5) is 15.8 Å². The Morgan fingerprint density at radius 1 is 1.15 bits per heavy atom. The molecule has 1 heterocycles. The monoisotopic (exact) mass is 386 g/mol. The number of anilines is 2. The van der Waals surface area contributed by atoms with Crippen LogP contribution >= 0.6 is 11.8 Å². The number of carbonyl (C=O) groups is 1. The number of rotatable bonds is 6. The largest absolute Gasteiger partial charge is 0.411 e. The Morgan fingerprint density at radius 2 is 1.85 bits per heavy atom. The second kappa shape index (κ2) is 8.22. The molecule has 1 amide bonds. The van der Waals surface area contributed by atoms with Crippen molar-refractivity contribution in [1.82, 2.24) is 10.2 Å². The molecule has 2 aromatic carbocycles. The molecule has 0 spiro atoms. The Balaban J connectivity index is 1.62. The zero-order chi connectivity index (χ0) is 19.4. The molecular weight excluding hydrogens is 367 g/mol. The topological polar surface area (TPSA) is 71.3 Å². The van der Waals surface area contributed by atoms with Crippen LogP contribution in [0.3, 0.4) is 0 Å². The van der Waals surface area contributed by atoms with Gasteiger partial charge in [0, 0.05) is 25.5 Å². The molecule has 0 aliphatic carbocycles. The molecule has 0 fully saturated rings. The van der Waals surface area contributed by atoms with Gasteiger partial charge in [0.15, 0.2) is 0 Å². The first-order chi connectivity index (χ1) is 12.9. The van der Waals surface area contributed by atoms with E-state index >= 15 is 0 Å². The second-order valence-corrected chi connectivity index (χ2v) is 7.34. The smallest absolute Gasteiger partial charge is 0.277 e. The molecule has 27 heavy (non-hydrogen) atoms. The zero-order valence-corrected chi connectivity index (χ0v) is 16.0. The van der Waals surface area contributed by atoms with E-state index in [1.54, 1.807) is 25.1 Å². The molecule has 0 saturated heterocycles. The number of nitrogens with one attached hydrogen (secondary N) is 1. The number of thioether (sulfide) groups is 1. The number of amides is 1. The molecule has 8 heteroatoms. The number of carbonyl (C=O) groups excluding carboxylic acids is 1. The number of hydrogen-bond acceptors (Lipinski definition) is 6. The fourth-order valence-electron chi connectivity index (χ4n) is 2.29. The third-order valence-electron chi connectivity index (χ3n) is 3.81. The maximum atomic E-state index is 13.8. The minimum atomic E-state index is -0.465. The molecular formula is C19H19FN4O2S. The highest BCUT2D eigenvalue weighted by atomic mass is 32.2. The van der Waals surface area contributed by atoms with Crippen LogP contribution < -0.4 is 10.2 Å². The van der Waals surface area contributed by atoms with Gasteiger partial charge in [0.05, 0.1) is 10.8 Å². The summed E-state index contributed by atoms with van der Waals surface area (Å²) >= 11 is 1.12. The molecule has 0 saturated carbocycles. The lowest BCUT2D eigenvalue weighted by Crippen LogP contribution is -2.22. The van der Waals surface area contributed by atoms with Crippen molar-refractivity contribution in [3.8, 4) is 11.5 Å². The van der Waals surface area contributed by atoms with Crippen molar-refractivity contribution in [3.05, 3.63) is 54.3 Å². The predicted octanol–water partition coefficient (Wildman–Crippen LogP) is 4.06. The first kappa shape index (κ1) is 18.9. The summed E-state index contributed by atoms with van der Waals surface area (Å²) in [6.45, 7) is 1.74. The van der Waals surface area contributed by atoms with E-state index in [1.807, 2.05) is 43.3 Å². The Hall–Kier alpha value is -2.87. The molecule has 3 aromatic rings. The SMILES string of the molecule is C[C@H](Sc1nnc(-c2ccccc2F)o1)C(=O)Nc1ccc(N(C)C)cc1. The fourth-order valence-corrected chi connectivity index (χ4v) is 2.98. The van der Waals surface area contributed by atoms with Crippen LogP contribution in [-0.4, -0.2) is 35.4 Å². The maximum absolute atomic E-state index is 13.8. The van der Waals surface area contributed by atoms with Crippen LogP contribution in [0, 0.1) is 5.82 Å². The minimum absolute atomic E-state index is 0.0856. The Kier molecular flexibility index (Phi) is 5.75. The molecule has 140 valence electrons. The third-order valence-corrected chi connectivity index (χ3v) is 4.74. The molecule has 6 nitrogen and oxygen atoms in total. The molecule has 0 bridgehead atoms. The summed E-state index contributed by atoms with van der Waals surface area (Å²) in [5.74, 6) is -0.546. The second-order valence-electron chi connectivity index (χ2n) is 6.04. The molecule has 0 radical (unpaired) electrons. The van der Waals surface area contributed by atoms with Gasteiger partial charge in [-0.25, -0.2) is 4.39 Å². The molecule has 1 atom stereocenters. The van der Waals surface area contributed by atoms with E-state index < -0.39 is 11.1 Å². The van der Waals surface area contributed by atoms with Gasteiger partial charge >= 0.3 is 0 Å². The summed E-state index contributed by atoms with van der Waals surface area (Å²) in [6.07, 6.45) is 0. The Bertz CT molecular complexity index is 927. The molecule has 0 unspecified atom stereocenters. The van der Waals surface area contributed by atoms with Crippen molar-refractivity contribution in [2.45, 2.75) is 17.4 Å². The minimum Gasteiger partial charge on any atom is -0.411 e. The maximum Gasteiger partial charge on any atom is 0.277 e. The standard InChI is InChI=1S/C19H19FN4O2S/c1-12(17(25)21-13-8-10-14(11-9-13)24(2)3)27-19-23-22-18(26-19)15-6-4-5-7-16(15)20/h4-12H,1-3H3,(H,21,25)/t12-/m0/s1. The predicted molar refractivity (Wildman–Crippen MR) is 104 cm³/mol. The lowest BCUT2D eigenvalue weighted by molar-refractivity contribution is -0.115. The van der Waals surface area contributed by atoms with Gasteiger partial charge < -0.3 is 14.6 Å². The number of nitrogens with zero attached hydrogens (tertiary/aromatic N) is 3. The van der Waals surface area contributed by atoms with Gasteiger partial charge in [-0.1, -0.05) is 23.9 Å². The van der Waals surface area contributed by atoms with Crippen LogP contribution in [0.1, 0.15) is 6.92 Å². The number of benzene rings is 2. The van der Waals surface area contributed by atoms with Gasteiger partial charge in [0.25, 0.3) is 11.1 Å². The van der Waals surface area contributed by atoms with Crippen LogP contribution in [-0.2, 0) is 4.79 Å². The summed E-state index contributed by atoms with van der Waals surface area (Å²) in [5.41, 5.74) is 1.98. The summed E-state index contributed by atoms with van der Waals surface area (Å²) < 4.78 is 19.3. The van der Waals surface area contributed by atoms with Gasteiger partial charge in [0.1, 0.15) is 5.82 Å². The normalized spacial score (nSPS) is 11.9. The van der Waals surface area contributed by atoms with E-state index in [2.05, 4.69) is 15.5 Å².